The quantitative estimate of drug-likeness (QED) is 0.673. The van der Waals surface area contributed by atoms with E-state index in [9.17, 15) is 4.79 Å². The van der Waals surface area contributed by atoms with Gasteiger partial charge in [0.1, 0.15) is 22.7 Å². The van der Waals surface area contributed by atoms with Crippen LogP contribution in [-0.2, 0) is 11.3 Å². The second-order valence-corrected chi connectivity index (χ2v) is 6.72. The molecular formula is C17H20N4O3S. The van der Waals surface area contributed by atoms with Gasteiger partial charge < -0.3 is 19.8 Å². The Morgan fingerprint density at radius 2 is 2.28 bits per heavy atom. The number of nitrogens with one attached hydrogen (secondary N) is 2. The Hall–Kier alpha value is -2.45. The highest BCUT2D eigenvalue weighted by Gasteiger charge is 2.20. The van der Waals surface area contributed by atoms with Gasteiger partial charge in [0, 0.05) is 13.2 Å². The second-order valence-electron chi connectivity index (χ2n) is 5.72. The zero-order chi connectivity index (χ0) is 17.8. The summed E-state index contributed by atoms with van der Waals surface area (Å²) in [5.41, 5.74) is 0.865. The number of rotatable bonds is 7. The van der Waals surface area contributed by atoms with Gasteiger partial charge in [-0.05, 0) is 31.5 Å². The van der Waals surface area contributed by atoms with Gasteiger partial charge in [0.2, 0.25) is 0 Å². The first kappa shape index (κ1) is 17.4. The van der Waals surface area contributed by atoms with Crippen LogP contribution in [0.15, 0.2) is 29.1 Å². The van der Waals surface area contributed by atoms with Crippen molar-refractivity contribution in [3.8, 4) is 0 Å². The van der Waals surface area contributed by atoms with Crippen molar-refractivity contribution in [1.82, 2.24) is 15.3 Å². The minimum atomic E-state index is -0.123. The molecule has 0 aromatic carbocycles. The first-order valence-corrected chi connectivity index (χ1v) is 8.72. The molecule has 7 nitrogen and oxygen atoms in total. The molecule has 3 rings (SSSR count). The number of fused-ring (bicyclic) bond motifs is 1. The summed E-state index contributed by atoms with van der Waals surface area (Å²) in [4.78, 5) is 22.6. The van der Waals surface area contributed by atoms with Crippen LogP contribution in [-0.4, -0.2) is 35.6 Å². The number of aromatic nitrogens is 2. The number of ether oxygens (including phenoxy) is 1. The highest BCUT2D eigenvalue weighted by molar-refractivity contribution is 7.20. The molecule has 8 heteroatoms. The largest absolute Gasteiger partial charge is 0.467 e. The number of thiophene rings is 1. The van der Waals surface area contributed by atoms with Gasteiger partial charge >= 0.3 is 0 Å². The Balaban J connectivity index is 1.86. The Bertz CT molecular complexity index is 860. The predicted molar refractivity (Wildman–Crippen MR) is 97.0 cm³/mol. The molecule has 0 fully saturated rings. The number of anilines is 1. The summed E-state index contributed by atoms with van der Waals surface area (Å²) in [6.45, 7) is 4.79. The third-order valence-corrected chi connectivity index (χ3v) is 4.94. The summed E-state index contributed by atoms with van der Waals surface area (Å²) in [6, 6.07) is 3.67. The number of furan rings is 1. The summed E-state index contributed by atoms with van der Waals surface area (Å²) in [7, 11) is 1.61. The molecule has 0 radical (unpaired) electrons. The number of carbonyl (C=O) groups excluding carboxylic acids is 1. The van der Waals surface area contributed by atoms with E-state index in [0.717, 1.165) is 21.5 Å². The van der Waals surface area contributed by atoms with Gasteiger partial charge in [-0.1, -0.05) is 0 Å². The molecule has 0 aliphatic carbocycles. The molecule has 0 saturated carbocycles. The maximum absolute atomic E-state index is 12.5. The molecule has 3 aromatic rings. The molecule has 0 unspecified atom stereocenters. The molecule has 1 atom stereocenters. The van der Waals surface area contributed by atoms with E-state index in [1.54, 1.807) is 13.4 Å². The van der Waals surface area contributed by atoms with Gasteiger partial charge in [0.05, 0.1) is 29.7 Å². The number of methoxy groups -OCH3 is 1. The SMILES string of the molecule is COC[C@@H](C)NC(=O)c1sc2ncnc(NCc3ccco3)c2c1C. The van der Waals surface area contributed by atoms with Crippen molar-refractivity contribution in [1.29, 1.82) is 0 Å². The molecule has 0 aliphatic rings. The summed E-state index contributed by atoms with van der Waals surface area (Å²) in [5, 5.41) is 7.05. The van der Waals surface area contributed by atoms with Crippen molar-refractivity contribution in [2.75, 3.05) is 19.0 Å². The van der Waals surface area contributed by atoms with E-state index in [0.29, 0.717) is 23.8 Å². The average molecular weight is 360 g/mol. The van der Waals surface area contributed by atoms with E-state index in [1.807, 2.05) is 26.0 Å². The number of amides is 1. The maximum atomic E-state index is 12.5. The maximum Gasteiger partial charge on any atom is 0.262 e. The standard InChI is InChI=1S/C17H20N4O3S/c1-10(8-23-3)21-16(22)14-11(2)13-15(19-9-20-17(13)25-14)18-7-12-5-4-6-24-12/h4-6,9-10H,7-8H2,1-3H3,(H,21,22)(H,18,19,20)/t10-/m1/s1. The first-order valence-electron chi connectivity index (χ1n) is 7.90. The van der Waals surface area contributed by atoms with Crippen LogP contribution in [0.25, 0.3) is 10.2 Å². The number of hydrogen-bond donors (Lipinski definition) is 2. The lowest BCUT2D eigenvalue weighted by Crippen LogP contribution is -2.35. The predicted octanol–water partition coefficient (Wildman–Crippen LogP) is 2.97. The highest BCUT2D eigenvalue weighted by Crippen LogP contribution is 2.33. The number of carbonyl (C=O) groups is 1. The minimum absolute atomic E-state index is 0.0651. The minimum Gasteiger partial charge on any atom is -0.467 e. The molecule has 0 aliphatic heterocycles. The second kappa shape index (κ2) is 7.62. The van der Waals surface area contributed by atoms with Crippen LogP contribution in [0.1, 0.15) is 27.9 Å². The topological polar surface area (TPSA) is 89.3 Å². The van der Waals surface area contributed by atoms with E-state index in [1.165, 1.54) is 17.7 Å². The van der Waals surface area contributed by atoms with Gasteiger partial charge in [-0.15, -0.1) is 11.3 Å². The molecule has 2 N–H and O–H groups in total. The smallest absolute Gasteiger partial charge is 0.262 e. The molecule has 25 heavy (non-hydrogen) atoms. The zero-order valence-electron chi connectivity index (χ0n) is 14.3. The van der Waals surface area contributed by atoms with E-state index >= 15 is 0 Å². The fourth-order valence-corrected chi connectivity index (χ4v) is 3.64. The van der Waals surface area contributed by atoms with Crippen molar-refractivity contribution in [2.24, 2.45) is 0 Å². The first-order chi connectivity index (χ1) is 12.1. The van der Waals surface area contributed by atoms with Crippen molar-refractivity contribution in [3.05, 3.63) is 40.9 Å². The van der Waals surface area contributed by atoms with Crippen LogP contribution in [0.4, 0.5) is 5.82 Å². The normalized spacial score (nSPS) is 12.3. The molecule has 132 valence electrons. The molecule has 0 saturated heterocycles. The lowest BCUT2D eigenvalue weighted by Gasteiger charge is -2.12. The Kier molecular flexibility index (Phi) is 5.30. The van der Waals surface area contributed by atoms with Crippen LogP contribution in [0.5, 0.6) is 0 Å². The van der Waals surface area contributed by atoms with Crippen LogP contribution in [0.2, 0.25) is 0 Å². The zero-order valence-corrected chi connectivity index (χ0v) is 15.1. The number of hydrogen-bond acceptors (Lipinski definition) is 7. The Labute approximate surface area is 149 Å². The Morgan fingerprint density at radius 3 is 3.00 bits per heavy atom. The van der Waals surface area contributed by atoms with Gasteiger partial charge in [0.25, 0.3) is 5.91 Å². The van der Waals surface area contributed by atoms with Gasteiger partial charge in [0.15, 0.2) is 0 Å². The third-order valence-electron chi connectivity index (χ3n) is 3.74. The lowest BCUT2D eigenvalue weighted by molar-refractivity contribution is 0.0909. The fraction of sp³-hybridized carbons (Fsp3) is 0.353. The van der Waals surface area contributed by atoms with Crippen LogP contribution in [0.3, 0.4) is 0 Å². The summed E-state index contributed by atoms with van der Waals surface area (Å²) in [6.07, 6.45) is 3.13. The summed E-state index contributed by atoms with van der Waals surface area (Å²) < 4.78 is 10.4. The van der Waals surface area contributed by atoms with Crippen molar-refractivity contribution in [3.63, 3.8) is 0 Å². The van der Waals surface area contributed by atoms with Crippen molar-refractivity contribution >= 4 is 33.3 Å². The van der Waals surface area contributed by atoms with Gasteiger partial charge in [-0.25, -0.2) is 9.97 Å². The monoisotopic (exact) mass is 360 g/mol. The van der Waals surface area contributed by atoms with E-state index < -0.39 is 0 Å². The molecule has 0 spiro atoms. The molecule has 1 amide bonds. The lowest BCUT2D eigenvalue weighted by atomic mass is 10.2. The highest BCUT2D eigenvalue weighted by atomic mass is 32.1. The van der Waals surface area contributed by atoms with Gasteiger partial charge in [-0.2, -0.15) is 0 Å². The van der Waals surface area contributed by atoms with Crippen molar-refractivity contribution in [2.45, 2.75) is 26.4 Å². The fourth-order valence-electron chi connectivity index (χ4n) is 2.59. The molecule has 3 aromatic heterocycles. The molecule has 3 heterocycles. The number of aryl methyl sites for hydroxylation is 1. The third kappa shape index (κ3) is 3.80. The van der Waals surface area contributed by atoms with E-state index in [-0.39, 0.29) is 11.9 Å². The van der Waals surface area contributed by atoms with Gasteiger partial charge in [-0.3, -0.25) is 4.79 Å². The average Bonchev–Trinajstić information content (AvgIpc) is 3.21. The molecular weight excluding hydrogens is 340 g/mol. The van der Waals surface area contributed by atoms with Crippen LogP contribution < -0.4 is 10.6 Å². The van der Waals surface area contributed by atoms with Crippen LogP contribution >= 0.6 is 11.3 Å². The van der Waals surface area contributed by atoms with Crippen molar-refractivity contribution < 1.29 is 13.9 Å². The summed E-state index contributed by atoms with van der Waals surface area (Å²) in [5.74, 6) is 1.38. The Morgan fingerprint density at radius 1 is 1.44 bits per heavy atom. The molecule has 0 bridgehead atoms. The summed E-state index contributed by atoms with van der Waals surface area (Å²) >= 11 is 1.36. The van der Waals surface area contributed by atoms with E-state index in [2.05, 4.69) is 20.6 Å². The van der Waals surface area contributed by atoms with E-state index in [4.69, 9.17) is 9.15 Å². The van der Waals surface area contributed by atoms with Crippen LogP contribution in [0, 0.1) is 6.92 Å². The number of nitrogens with zero attached hydrogens (tertiary/aromatic N) is 2.